The third-order valence-electron chi connectivity index (χ3n) is 12.3. The highest BCUT2D eigenvalue weighted by atomic mass is 16.7. The molecule has 392 valence electrons. The maximum Gasteiger partial charge on any atom is 0.306 e. The molecule has 0 amide bonds. The Hall–Kier alpha value is -2.63. The number of unbranched alkanes of at least 4 members (excludes halogenated alkanes) is 22. The minimum Gasteiger partial charge on any atom is -0.457 e. The van der Waals surface area contributed by atoms with E-state index in [2.05, 4.69) is 98.9 Å². The van der Waals surface area contributed by atoms with Crippen molar-refractivity contribution < 1.29 is 44.2 Å². The van der Waals surface area contributed by atoms with E-state index in [4.69, 9.17) is 18.9 Å². The first-order valence-corrected chi connectivity index (χ1v) is 27.7. The summed E-state index contributed by atoms with van der Waals surface area (Å²) in [4.78, 5) is 12.9. The fourth-order valence-corrected chi connectivity index (χ4v) is 8.02. The van der Waals surface area contributed by atoms with Crippen molar-refractivity contribution in [3.8, 4) is 0 Å². The van der Waals surface area contributed by atoms with Gasteiger partial charge < -0.3 is 39.4 Å². The Kier molecular flexibility index (Phi) is 46.0. The predicted octanol–water partition coefficient (Wildman–Crippen LogP) is 14.1. The van der Waals surface area contributed by atoms with E-state index < -0.39 is 43.4 Å². The number of aliphatic hydroxyl groups excluding tert-OH is 4. The van der Waals surface area contributed by atoms with Gasteiger partial charge in [-0.15, -0.1) is 0 Å². The molecule has 9 nitrogen and oxygen atoms in total. The summed E-state index contributed by atoms with van der Waals surface area (Å²) in [6, 6.07) is 0. The lowest BCUT2D eigenvalue weighted by Crippen LogP contribution is -2.59. The summed E-state index contributed by atoms with van der Waals surface area (Å²) < 4.78 is 22.9. The van der Waals surface area contributed by atoms with Crippen LogP contribution in [0.15, 0.2) is 85.1 Å². The molecule has 6 unspecified atom stereocenters. The zero-order valence-corrected chi connectivity index (χ0v) is 43.3. The van der Waals surface area contributed by atoms with E-state index in [1.54, 1.807) is 0 Å². The van der Waals surface area contributed by atoms with Gasteiger partial charge in [-0.25, -0.2) is 0 Å². The van der Waals surface area contributed by atoms with E-state index >= 15 is 0 Å². The Morgan fingerprint density at radius 1 is 0.485 bits per heavy atom. The summed E-state index contributed by atoms with van der Waals surface area (Å²) in [6.07, 6.45) is 60.5. The molecule has 0 aliphatic carbocycles. The molecule has 0 aromatic heterocycles. The molecule has 1 aliphatic heterocycles. The number of ether oxygens (including phenoxy) is 4. The molecule has 0 saturated carbocycles. The van der Waals surface area contributed by atoms with Crippen molar-refractivity contribution in [1.29, 1.82) is 0 Å². The van der Waals surface area contributed by atoms with Crippen LogP contribution in [0.4, 0.5) is 0 Å². The molecule has 1 heterocycles. The fraction of sp³-hybridized carbons (Fsp3) is 0.746. The molecular formula is C59H102O9. The fourth-order valence-electron chi connectivity index (χ4n) is 8.02. The zero-order chi connectivity index (χ0) is 49.2. The van der Waals surface area contributed by atoms with Gasteiger partial charge >= 0.3 is 5.97 Å². The highest BCUT2D eigenvalue weighted by Crippen LogP contribution is 2.23. The average molecular weight is 955 g/mol. The summed E-state index contributed by atoms with van der Waals surface area (Å²) >= 11 is 0. The van der Waals surface area contributed by atoms with Crippen molar-refractivity contribution in [2.24, 2.45) is 0 Å². The maximum atomic E-state index is 12.9. The lowest BCUT2D eigenvalue weighted by atomic mass is 9.99. The molecule has 0 bridgehead atoms. The number of carbonyl (C=O) groups excluding carboxylic acids is 1. The molecule has 9 heteroatoms. The quantitative estimate of drug-likeness (QED) is 0.0267. The van der Waals surface area contributed by atoms with E-state index in [0.717, 1.165) is 83.5 Å². The van der Waals surface area contributed by atoms with E-state index in [9.17, 15) is 25.2 Å². The third-order valence-corrected chi connectivity index (χ3v) is 12.3. The van der Waals surface area contributed by atoms with Gasteiger partial charge in [-0.3, -0.25) is 4.79 Å². The SMILES string of the molecule is CC/C=C\C/C=C\C/C=C\C/C=C\C/C=C\C/C=C\CCCCCCCCCOCC(COC1OC(CO)C(O)C(O)C1O)OC(=O)CCCCCCCCCCC/C=C\CCCCCCCC. The first-order valence-electron chi connectivity index (χ1n) is 27.7. The lowest BCUT2D eigenvalue weighted by molar-refractivity contribution is -0.305. The van der Waals surface area contributed by atoms with Crippen LogP contribution in [-0.4, -0.2) is 89.6 Å². The Balaban J connectivity index is 2.20. The molecule has 4 N–H and O–H groups in total. The van der Waals surface area contributed by atoms with Crippen LogP contribution < -0.4 is 0 Å². The first kappa shape index (κ1) is 63.4. The molecule has 1 aliphatic rings. The smallest absolute Gasteiger partial charge is 0.306 e. The predicted molar refractivity (Wildman–Crippen MR) is 283 cm³/mol. The zero-order valence-electron chi connectivity index (χ0n) is 43.3. The van der Waals surface area contributed by atoms with Gasteiger partial charge in [0.25, 0.3) is 0 Å². The summed E-state index contributed by atoms with van der Waals surface area (Å²) in [5.41, 5.74) is 0. The van der Waals surface area contributed by atoms with Crippen molar-refractivity contribution in [3.63, 3.8) is 0 Å². The van der Waals surface area contributed by atoms with E-state index in [1.807, 2.05) is 0 Å². The topological polar surface area (TPSA) is 135 Å². The van der Waals surface area contributed by atoms with Gasteiger partial charge in [-0.2, -0.15) is 0 Å². The Bertz CT molecular complexity index is 1320. The third kappa shape index (κ3) is 39.1. The standard InChI is InChI=1S/C59H102O9/c1-3-5-7-9-11-13-15-17-19-21-23-24-25-26-27-28-29-31-33-35-37-39-41-43-45-47-49-65-51-53(52-66-59-58(64)57(63)56(62)54(50-60)68-59)67-55(61)48-46-44-42-40-38-36-34-32-30-22-20-18-16-14-12-10-8-6-4-2/h5,7,11,13,17-20,23-24,26-27,29,31,53-54,56-60,62-64H,3-4,6,8-10,12,14-16,21-22,25,28,30,32-52H2,1-2H3/b7-5-,13-11-,19-17-,20-18-,24-23-,27-26-,31-29-. The van der Waals surface area contributed by atoms with Crippen LogP contribution >= 0.6 is 0 Å². The van der Waals surface area contributed by atoms with Crippen molar-refractivity contribution in [2.75, 3.05) is 26.4 Å². The van der Waals surface area contributed by atoms with Crippen molar-refractivity contribution in [3.05, 3.63) is 85.1 Å². The number of aliphatic hydroxyl groups is 4. The number of hydrogen-bond donors (Lipinski definition) is 4. The second-order valence-corrected chi connectivity index (χ2v) is 18.6. The Labute approximate surface area is 416 Å². The van der Waals surface area contributed by atoms with Crippen molar-refractivity contribution in [1.82, 2.24) is 0 Å². The Morgan fingerprint density at radius 3 is 1.37 bits per heavy atom. The monoisotopic (exact) mass is 955 g/mol. The molecule has 6 atom stereocenters. The molecule has 68 heavy (non-hydrogen) atoms. The number of allylic oxidation sites excluding steroid dienone is 14. The summed E-state index contributed by atoms with van der Waals surface area (Å²) in [7, 11) is 0. The van der Waals surface area contributed by atoms with Crippen LogP contribution in [0.3, 0.4) is 0 Å². The minimum atomic E-state index is -1.54. The van der Waals surface area contributed by atoms with Gasteiger partial charge in [0.1, 0.15) is 30.5 Å². The summed E-state index contributed by atoms with van der Waals surface area (Å²) in [5, 5.41) is 40.3. The van der Waals surface area contributed by atoms with E-state index in [-0.39, 0.29) is 19.2 Å². The lowest BCUT2D eigenvalue weighted by Gasteiger charge is -2.39. The maximum absolute atomic E-state index is 12.9. The molecule has 1 fully saturated rings. The molecule has 0 aromatic rings. The van der Waals surface area contributed by atoms with Crippen LogP contribution in [0.25, 0.3) is 0 Å². The number of carbonyl (C=O) groups is 1. The molecule has 0 aromatic carbocycles. The highest BCUT2D eigenvalue weighted by Gasteiger charge is 2.44. The molecule has 1 rings (SSSR count). The van der Waals surface area contributed by atoms with Gasteiger partial charge in [0.15, 0.2) is 6.29 Å². The minimum absolute atomic E-state index is 0.123. The van der Waals surface area contributed by atoms with Crippen LogP contribution in [0, 0.1) is 0 Å². The van der Waals surface area contributed by atoms with Gasteiger partial charge in [-0.1, -0.05) is 208 Å². The number of hydrogen-bond acceptors (Lipinski definition) is 9. The van der Waals surface area contributed by atoms with Gasteiger partial charge in [0.2, 0.25) is 0 Å². The largest absolute Gasteiger partial charge is 0.457 e. The van der Waals surface area contributed by atoms with Crippen LogP contribution in [0.1, 0.15) is 219 Å². The Morgan fingerprint density at radius 2 is 0.897 bits per heavy atom. The second kappa shape index (κ2) is 49.4. The van der Waals surface area contributed by atoms with Crippen molar-refractivity contribution in [2.45, 2.75) is 256 Å². The van der Waals surface area contributed by atoms with Gasteiger partial charge in [-0.05, 0) is 89.9 Å². The molecule has 0 spiro atoms. The van der Waals surface area contributed by atoms with Crippen LogP contribution in [0.5, 0.6) is 0 Å². The van der Waals surface area contributed by atoms with Crippen molar-refractivity contribution >= 4 is 5.97 Å². The van der Waals surface area contributed by atoms with E-state index in [0.29, 0.717) is 13.0 Å². The number of esters is 1. The van der Waals surface area contributed by atoms with Crippen LogP contribution in [-0.2, 0) is 23.7 Å². The summed E-state index contributed by atoms with van der Waals surface area (Å²) in [5.74, 6) is -0.321. The average Bonchev–Trinajstić information content (AvgIpc) is 3.34. The highest BCUT2D eigenvalue weighted by molar-refractivity contribution is 5.69. The van der Waals surface area contributed by atoms with Gasteiger partial charge in [0, 0.05) is 13.0 Å². The summed E-state index contributed by atoms with van der Waals surface area (Å²) in [6.45, 7) is 4.42. The van der Waals surface area contributed by atoms with Gasteiger partial charge in [0.05, 0.1) is 19.8 Å². The molecular weight excluding hydrogens is 853 g/mol. The van der Waals surface area contributed by atoms with Crippen LogP contribution in [0.2, 0.25) is 0 Å². The second-order valence-electron chi connectivity index (χ2n) is 18.6. The normalized spacial score (nSPS) is 19.8. The first-order chi connectivity index (χ1) is 33.4. The molecule has 1 saturated heterocycles. The van der Waals surface area contributed by atoms with E-state index in [1.165, 1.54) is 116 Å². The molecule has 0 radical (unpaired) electrons. The number of rotatable bonds is 47.